The van der Waals surface area contributed by atoms with E-state index in [-0.39, 0.29) is 11.9 Å². The molecule has 3 aromatic carbocycles. The zero-order valence-corrected chi connectivity index (χ0v) is 21.1. The van der Waals surface area contributed by atoms with E-state index in [0.717, 1.165) is 35.5 Å². The molecule has 1 aliphatic heterocycles. The highest BCUT2D eigenvalue weighted by Crippen LogP contribution is 2.37. The fourth-order valence-electron chi connectivity index (χ4n) is 4.47. The Bertz CT molecular complexity index is 1130. The van der Waals surface area contributed by atoms with Crippen LogP contribution in [-0.4, -0.2) is 13.0 Å². The summed E-state index contributed by atoms with van der Waals surface area (Å²) >= 11 is 0. The van der Waals surface area contributed by atoms with Crippen molar-refractivity contribution < 1.29 is 9.53 Å². The molecule has 0 radical (unpaired) electrons. The van der Waals surface area contributed by atoms with Gasteiger partial charge in [-0.1, -0.05) is 63.1 Å². The van der Waals surface area contributed by atoms with Gasteiger partial charge in [-0.15, -0.1) is 0 Å². The second kappa shape index (κ2) is 11.7. The Morgan fingerprint density at radius 2 is 1.37 bits per heavy atom. The molecule has 0 aliphatic carbocycles. The van der Waals surface area contributed by atoms with Gasteiger partial charge in [0.2, 0.25) is 0 Å². The minimum atomic E-state index is -0.193. The van der Waals surface area contributed by atoms with Crippen LogP contribution in [0.25, 0.3) is 0 Å². The lowest BCUT2D eigenvalue weighted by atomic mass is 10.0. The van der Waals surface area contributed by atoms with Gasteiger partial charge in [0, 0.05) is 11.4 Å². The minimum absolute atomic E-state index is 0.0258. The fourth-order valence-corrected chi connectivity index (χ4v) is 4.47. The van der Waals surface area contributed by atoms with Gasteiger partial charge in [-0.2, -0.15) is 0 Å². The molecule has 35 heavy (non-hydrogen) atoms. The van der Waals surface area contributed by atoms with Crippen LogP contribution >= 0.6 is 0 Å². The number of carbonyl (C=O) groups excluding carboxylic acids is 1. The number of hydrogen-bond acceptors (Lipinski definition) is 3. The summed E-state index contributed by atoms with van der Waals surface area (Å²) in [5.41, 5.74) is 6.10. The molecule has 4 nitrogen and oxygen atoms in total. The lowest BCUT2D eigenvalue weighted by Gasteiger charge is -2.25. The van der Waals surface area contributed by atoms with Crippen LogP contribution in [0.5, 0.6) is 5.75 Å². The number of rotatable bonds is 11. The molecule has 1 atom stereocenters. The maximum absolute atomic E-state index is 13.7. The summed E-state index contributed by atoms with van der Waals surface area (Å²) in [6.07, 6.45) is 8.88. The van der Waals surface area contributed by atoms with Crippen molar-refractivity contribution in [3.63, 3.8) is 0 Å². The molecule has 4 heteroatoms. The SMILES string of the molecule is CCCCc1ccc(NC2=C[C@H](c3ccc(OC)cc3)N(c3ccc(CCCC)cc3)C2=O)cc1. The van der Waals surface area contributed by atoms with E-state index in [0.29, 0.717) is 5.70 Å². The Morgan fingerprint density at radius 1 is 0.800 bits per heavy atom. The van der Waals surface area contributed by atoms with Crippen LogP contribution in [0, 0.1) is 0 Å². The number of benzene rings is 3. The van der Waals surface area contributed by atoms with Crippen molar-refractivity contribution in [1.82, 2.24) is 0 Å². The van der Waals surface area contributed by atoms with Crippen molar-refractivity contribution in [2.24, 2.45) is 0 Å². The number of unbranched alkanes of at least 4 members (excludes halogenated alkanes) is 2. The maximum Gasteiger partial charge on any atom is 0.275 e. The normalized spacial score (nSPS) is 15.3. The van der Waals surface area contributed by atoms with E-state index in [2.05, 4.69) is 67.7 Å². The predicted octanol–water partition coefficient (Wildman–Crippen LogP) is 7.46. The molecule has 0 aromatic heterocycles. The van der Waals surface area contributed by atoms with Crippen LogP contribution in [0.4, 0.5) is 11.4 Å². The number of nitrogens with zero attached hydrogens (tertiary/aromatic N) is 1. The summed E-state index contributed by atoms with van der Waals surface area (Å²) in [6, 6.07) is 24.6. The van der Waals surface area contributed by atoms with E-state index in [1.165, 1.54) is 36.8 Å². The molecule has 3 aromatic rings. The topological polar surface area (TPSA) is 41.6 Å². The maximum atomic E-state index is 13.7. The Kier molecular flexibility index (Phi) is 8.25. The Hall–Kier alpha value is -3.53. The first-order valence-corrected chi connectivity index (χ1v) is 12.8. The Morgan fingerprint density at radius 3 is 1.91 bits per heavy atom. The van der Waals surface area contributed by atoms with E-state index in [1.807, 2.05) is 35.2 Å². The van der Waals surface area contributed by atoms with E-state index < -0.39 is 0 Å². The second-order valence-corrected chi connectivity index (χ2v) is 9.17. The highest BCUT2D eigenvalue weighted by atomic mass is 16.5. The third-order valence-electron chi connectivity index (χ3n) is 6.59. The highest BCUT2D eigenvalue weighted by Gasteiger charge is 2.34. The lowest BCUT2D eigenvalue weighted by Crippen LogP contribution is -2.30. The van der Waals surface area contributed by atoms with Gasteiger partial charge in [-0.05, 0) is 84.8 Å². The molecule has 0 unspecified atom stereocenters. The number of hydrogen-bond donors (Lipinski definition) is 1. The van der Waals surface area contributed by atoms with Crippen molar-refractivity contribution in [2.45, 2.75) is 58.4 Å². The summed E-state index contributed by atoms with van der Waals surface area (Å²) in [6.45, 7) is 4.41. The van der Waals surface area contributed by atoms with Crippen molar-refractivity contribution >= 4 is 17.3 Å². The predicted molar refractivity (Wildman–Crippen MR) is 145 cm³/mol. The highest BCUT2D eigenvalue weighted by molar-refractivity contribution is 6.11. The number of carbonyl (C=O) groups is 1. The van der Waals surface area contributed by atoms with Crippen molar-refractivity contribution in [3.05, 3.63) is 101 Å². The summed E-state index contributed by atoms with van der Waals surface area (Å²) in [5.74, 6) is 0.776. The Labute approximate surface area is 209 Å². The standard InChI is InChI=1S/C31H36N2O2/c1-4-6-8-23-10-16-26(17-11-23)32-29-22-30(25-14-20-28(35-3)21-15-25)33(31(29)34)27-18-12-24(13-19-27)9-7-5-2/h10-22,30,32H,4-9H2,1-3H3/t30-/m1/s1. The first-order chi connectivity index (χ1) is 17.1. The summed E-state index contributed by atoms with van der Waals surface area (Å²) in [4.78, 5) is 15.5. The van der Waals surface area contributed by atoms with Crippen LogP contribution in [0.15, 0.2) is 84.6 Å². The van der Waals surface area contributed by atoms with Gasteiger partial charge in [0.25, 0.3) is 5.91 Å². The molecule has 1 amide bonds. The van der Waals surface area contributed by atoms with Crippen LogP contribution in [-0.2, 0) is 17.6 Å². The van der Waals surface area contributed by atoms with Gasteiger partial charge >= 0.3 is 0 Å². The molecule has 1 N–H and O–H groups in total. The molecule has 0 spiro atoms. The zero-order chi connectivity index (χ0) is 24.6. The molecule has 182 valence electrons. The number of anilines is 2. The third-order valence-corrected chi connectivity index (χ3v) is 6.59. The van der Waals surface area contributed by atoms with E-state index in [9.17, 15) is 4.79 Å². The number of ether oxygens (including phenoxy) is 1. The molecule has 0 fully saturated rings. The van der Waals surface area contributed by atoms with Crippen LogP contribution in [0.1, 0.15) is 62.3 Å². The molecular weight excluding hydrogens is 432 g/mol. The molecule has 0 bridgehead atoms. The molecule has 1 heterocycles. The first-order valence-electron chi connectivity index (χ1n) is 12.8. The average molecular weight is 469 g/mol. The average Bonchev–Trinajstić information content (AvgIpc) is 3.23. The van der Waals surface area contributed by atoms with E-state index in [1.54, 1.807) is 7.11 Å². The van der Waals surface area contributed by atoms with Crippen LogP contribution < -0.4 is 15.0 Å². The quantitative estimate of drug-likeness (QED) is 0.317. The fraction of sp³-hybridized carbons (Fsp3) is 0.323. The second-order valence-electron chi connectivity index (χ2n) is 9.17. The van der Waals surface area contributed by atoms with Crippen molar-refractivity contribution in [2.75, 3.05) is 17.3 Å². The van der Waals surface area contributed by atoms with Gasteiger partial charge in [-0.3, -0.25) is 9.69 Å². The van der Waals surface area contributed by atoms with Crippen LogP contribution in [0.2, 0.25) is 0 Å². The largest absolute Gasteiger partial charge is 0.497 e. The molecular formula is C31H36N2O2. The van der Waals surface area contributed by atoms with Crippen LogP contribution in [0.3, 0.4) is 0 Å². The summed E-state index contributed by atoms with van der Waals surface area (Å²) in [5, 5.41) is 3.38. The zero-order valence-electron chi connectivity index (χ0n) is 21.1. The van der Waals surface area contributed by atoms with E-state index >= 15 is 0 Å². The number of amides is 1. The van der Waals surface area contributed by atoms with E-state index in [4.69, 9.17) is 4.74 Å². The van der Waals surface area contributed by atoms with Crippen molar-refractivity contribution in [3.8, 4) is 5.75 Å². The smallest absolute Gasteiger partial charge is 0.275 e. The number of methoxy groups -OCH3 is 1. The Balaban J connectivity index is 1.60. The lowest BCUT2D eigenvalue weighted by molar-refractivity contribution is -0.114. The molecule has 4 rings (SSSR count). The van der Waals surface area contributed by atoms with Gasteiger partial charge < -0.3 is 10.1 Å². The molecule has 0 saturated carbocycles. The van der Waals surface area contributed by atoms with Gasteiger partial charge in [0.05, 0.1) is 13.2 Å². The number of aryl methyl sites for hydroxylation is 2. The summed E-state index contributed by atoms with van der Waals surface area (Å²) in [7, 11) is 1.66. The molecule has 1 aliphatic rings. The van der Waals surface area contributed by atoms with Gasteiger partial charge in [0.15, 0.2) is 0 Å². The monoisotopic (exact) mass is 468 g/mol. The van der Waals surface area contributed by atoms with Gasteiger partial charge in [-0.25, -0.2) is 0 Å². The van der Waals surface area contributed by atoms with Gasteiger partial charge in [0.1, 0.15) is 11.4 Å². The minimum Gasteiger partial charge on any atom is -0.497 e. The molecule has 0 saturated heterocycles. The first kappa shape index (κ1) is 24.6. The number of nitrogens with one attached hydrogen (secondary N) is 1. The summed E-state index contributed by atoms with van der Waals surface area (Å²) < 4.78 is 5.34. The third kappa shape index (κ3) is 5.94. The van der Waals surface area contributed by atoms with Crippen molar-refractivity contribution in [1.29, 1.82) is 0 Å².